The lowest BCUT2D eigenvalue weighted by molar-refractivity contribution is -0.148. The Morgan fingerprint density at radius 1 is 1.24 bits per heavy atom. The molecular weight excluding hydrogens is 426 g/mol. The van der Waals surface area contributed by atoms with Crippen molar-refractivity contribution in [3.8, 4) is 0 Å². The van der Waals surface area contributed by atoms with Gasteiger partial charge >= 0.3 is 5.97 Å². The monoisotopic (exact) mass is 467 g/mol. The van der Waals surface area contributed by atoms with Crippen molar-refractivity contribution in [1.29, 1.82) is 0 Å². The molecule has 0 aromatic carbocycles. The number of carbonyl (C=O) groups is 2. The number of ketones is 1. The molecule has 34 heavy (non-hydrogen) atoms. The molecule has 2 heterocycles. The molecule has 2 saturated heterocycles. The summed E-state index contributed by atoms with van der Waals surface area (Å²) in [6.45, 7) is 11.7. The van der Waals surface area contributed by atoms with Gasteiger partial charge in [-0.05, 0) is 80.7 Å². The van der Waals surface area contributed by atoms with Crippen molar-refractivity contribution in [2.75, 3.05) is 6.54 Å². The number of hydrogen-bond donors (Lipinski definition) is 1. The Labute approximate surface area is 204 Å². The lowest BCUT2D eigenvalue weighted by Crippen LogP contribution is -2.49. The summed E-state index contributed by atoms with van der Waals surface area (Å²) in [5, 5.41) is 3.78. The van der Waals surface area contributed by atoms with E-state index in [0.29, 0.717) is 35.5 Å². The Balaban J connectivity index is 1.33. The van der Waals surface area contributed by atoms with E-state index < -0.39 is 0 Å². The maximum absolute atomic E-state index is 14.3. The molecule has 2 saturated carbocycles. The molecule has 2 aliphatic heterocycles. The van der Waals surface area contributed by atoms with Crippen LogP contribution in [0.1, 0.15) is 79.6 Å². The van der Waals surface area contributed by atoms with Gasteiger partial charge in [-0.15, -0.1) is 0 Å². The number of piperidine rings is 1. The van der Waals surface area contributed by atoms with E-state index in [1.165, 1.54) is 18.1 Å². The number of ether oxygens (including phenoxy) is 2. The van der Waals surface area contributed by atoms with Crippen LogP contribution in [-0.4, -0.2) is 42.1 Å². The molecule has 186 valence electrons. The Bertz CT molecular complexity index is 983. The molecule has 4 aliphatic carbocycles. The number of esters is 1. The Morgan fingerprint density at radius 3 is 2.79 bits per heavy atom. The van der Waals surface area contributed by atoms with E-state index in [9.17, 15) is 9.59 Å². The number of Topliss-reactive ketones (excluding diaryl/α,β-unsaturated/α-hetero) is 1. The van der Waals surface area contributed by atoms with Gasteiger partial charge in [0.15, 0.2) is 5.78 Å². The molecule has 0 bridgehead atoms. The molecule has 0 unspecified atom stereocenters. The number of allylic oxidation sites excluding steroid dienone is 2. The second kappa shape index (κ2) is 7.77. The Morgan fingerprint density at radius 2 is 2.03 bits per heavy atom. The van der Waals surface area contributed by atoms with Crippen LogP contribution in [0.4, 0.5) is 0 Å². The van der Waals surface area contributed by atoms with Crippen LogP contribution in [0, 0.1) is 35.0 Å². The molecule has 4 fully saturated rings. The summed E-state index contributed by atoms with van der Waals surface area (Å²) < 4.78 is 12.5. The molecule has 0 aromatic heterocycles. The van der Waals surface area contributed by atoms with Crippen LogP contribution in [0.15, 0.2) is 22.8 Å². The fraction of sp³-hybridized carbons (Fsp3) is 0.793. The summed E-state index contributed by atoms with van der Waals surface area (Å²) >= 11 is 0. The lowest BCUT2D eigenvalue weighted by atomic mass is 9.56. The second-order valence-corrected chi connectivity index (χ2v) is 12.7. The molecule has 1 spiro atoms. The summed E-state index contributed by atoms with van der Waals surface area (Å²) in [6.07, 6.45) is 9.37. The van der Waals surface area contributed by atoms with Crippen molar-refractivity contribution in [3.05, 3.63) is 22.8 Å². The molecule has 0 amide bonds. The first-order valence-electron chi connectivity index (χ1n) is 13.7. The standard InChI is InChI=1S/C29H41NO4/c1-15-12-23-26(30-14-15)17(3)29(34-23)11-9-21-22-7-6-19-13-20(33-18(4)31)8-10-28(19,5)25(22)27(32)24(21)16(29)2/h6,15,17,20-23,25-26,30H,7-14H2,1-5H3/t15-,17-,20+,21+,22-,23+,25-,26+,28-,29+/m0/s1. The van der Waals surface area contributed by atoms with E-state index in [1.54, 1.807) is 0 Å². The van der Waals surface area contributed by atoms with Gasteiger partial charge in [-0.2, -0.15) is 0 Å². The first-order valence-corrected chi connectivity index (χ1v) is 13.7. The highest BCUT2D eigenvalue weighted by molar-refractivity contribution is 6.02. The van der Waals surface area contributed by atoms with Gasteiger partial charge in [-0.1, -0.05) is 32.4 Å². The van der Waals surface area contributed by atoms with Crippen molar-refractivity contribution < 1.29 is 19.1 Å². The summed E-state index contributed by atoms with van der Waals surface area (Å²) in [4.78, 5) is 25.8. The summed E-state index contributed by atoms with van der Waals surface area (Å²) in [7, 11) is 0. The van der Waals surface area contributed by atoms with Gasteiger partial charge in [0, 0.05) is 36.8 Å². The average Bonchev–Trinajstić information content (AvgIpc) is 3.23. The summed E-state index contributed by atoms with van der Waals surface area (Å²) in [5.74, 6) is 2.06. The number of nitrogens with one attached hydrogen (secondary N) is 1. The minimum atomic E-state index is -0.286. The van der Waals surface area contributed by atoms with Crippen molar-refractivity contribution >= 4 is 11.8 Å². The van der Waals surface area contributed by atoms with Gasteiger partial charge in [0.05, 0.1) is 11.7 Å². The van der Waals surface area contributed by atoms with Crippen molar-refractivity contribution in [2.45, 2.75) is 103 Å². The van der Waals surface area contributed by atoms with Gasteiger partial charge in [0.1, 0.15) is 6.10 Å². The van der Waals surface area contributed by atoms with Crippen molar-refractivity contribution in [3.63, 3.8) is 0 Å². The van der Waals surface area contributed by atoms with E-state index in [-0.39, 0.29) is 35.1 Å². The number of hydrogen-bond acceptors (Lipinski definition) is 5. The van der Waals surface area contributed by atoms with E-state index in [4.69, 9.17) is 9.47 Å². The quantitative estimate of drug-likeness (QED) is 0.445. The molecule has 1 N–H and O–H groups in total. The van der Waals surface area contributed by atoms with Crippen LogP contribution in [0.25, 0.3) is 0 Å². The topological polar surface area (TPSA) is 64.6 Å². The average molecular weight is 468 g/mol. The van der Waals surface area contributed by atoms with Gasteiger partial charge in [-0.25, -0.2) is 0 Å². The van der Waals surface area contributed by atoms with Gasteiger partial charge in [0.2, 0.25) is 0 Å². The molecule has 6 aliphatic rings. The predicted molar refractivity (Wildman–Crippen MR) is 130 cm³/mol. The number of fused-ring (bicyclic) bond motifs is 6. The smallest absolute Gasteiger partial charge is 0.302 e. The molecule has 6 rings (SSSR count). The zero-order valence-corrected chi connectivity index (χ0v) is 21.5. The van der Waals surface area contributed by atoms with E-state index in [2.05, 4.69) is 39.1 Å². The highest BCUT2D eigenvalue weighted by Crippen LogP contribution is 2.63. The van der Waals surface area contributed by atoms with Crippen LogP contribution >= 0.6 is 0 Å². The zero-order chi connectivity index (χ0) is 24.0. The summed E-state index contributed by atoms with van der Waals surface area (Å²) in [6, 6.07) is 0.393. The number of carbonyl (C=O) groups excluding carboxylic acids is 2. The third kappa shape index (κ3) is 3.05. The fourth-order valence-corrected chi connectivity index (χ4v) is 9.25. The minimum absolute atomic E-state index is 0.0395. The third-order valence-electron chi connectivity index (χ3n) is 10.9. The Hall–Kier alpha value is -1.46. The second-order valence-electron chi connectivity index (χ2n) is 12.7. The first kappa shape index (κ1) is 23.0. The molecule has 0 aromatic rings. The van der Waals surface area contributed by atoms with Crippen molar-refractivity contribution in [1.82, 2.24) is 5.32 Å². The maximum Gasteiger partial charge on any atom is 0.302 e. The lowest BCUT2D eigenvalue weighted by Gasteiger charge is -2.48. The Kier molecular flexibility index (Phi) is 5.25. The predicted octanol–water partition coefficient (Wildman–Crippen LogP) is 4.75. The normalized spacial score (nSPS) is 49.8. The van der Waals surface area contributed by atoms with Crippen LogP contribution < -0.4 is 5.32 Å². The molecule has 5 nitrogen and oxygen atoms in total. The van der Waals surface area contributed by atoms with Crippen LogP contribution in [0.3, 0.4) is 0 Å². The molecule has 10 atom stereocenters. The highest BCUT2D eigenvalue weighted by Gasteiger charge is 2.63. The third-order valence-corrected chi connectivity index (χ3v) is 10.9. The summed E-state index contributed by atoms with van der Waals surface area (Å²) in [5.41, 5.74) is 3.32. The largest absolute Gasteiger partial charge is 0.462 e. The molecular formula is C29H41NO4. The van der Waals surface area contributed by atoms with Gasteiger partial charge in [-0.3, -0.25) is 9.59 Å². The SMILES string of the molecule is CC(=O)O[C@@H]1CC[C@@]2(C)C(=CC[C@@H]3[C@H]2C(=O)C2=C(C)[C@@]4(CC[C@@H]23)O[C@@H]2C[C@H](C)CN[C@@H]2[C@@H]4C)C1. The molecule has 5 heteroatoms. The highest BCUT2D eigenvalue weighted by atomic mass is 16.5. The van der Waals surface area contributed by atoms with Crippen LogP contribution in [0.2, 0.25) is 0 Å². The van der Waals surface area contributed by atoms with E-state index >= 15 is 0 Å². The van der Waals surface area contributed by atoms with Crippen LogP contribution in [0.5, 0.6) is 0 Å². The minimum Gasteiger partial charge on any atom is -0.462 e. The van der Waals surface area contributed by atoms with Crippen molar-refractivity contribution in [2.24, 2.45) is 35.0 Å². The fourth-order valence-electron chi connectivity index (χ4n) is 9.25. The maximum atomic E-state index is 14.3. The molecule has 0 radical (unpaired) electrons. The van der Waals surface area contributed by atoms with Gasteiger partial charge < -0.3 is 14.8 Å². The van der Waals surface area contributed by atoms with E-state index in [1.807, 2.05) is 0 Å². The van der Waals surface area contributed by atoms with Crippen LogP contribution in [-0.2, 0) is 19.1 Å². The first-order chi connectivity index (χ1) is 16.2. The van der Waals surface area contributed by atoms with Gasteiger partial charge in [0.25, 0.3) is 0 Å². The zero-order valence-electron chi connectivity index (χ0n) is 21.5. The number of rotatable bonds is 1. The van der Waals surface area contributed by atoms with E-state index in [0.717, 1.165) is 57.1 Å².